The number of nitrogens with two attached hydrogens (primary N) is 1. The van der Waals surface area contributed by atoms with Crippen LogP contribution in [0.25, 0.3) is 0 Å². The fraction of sp³-hybridized carbons (Fsp3) is 0.375. The summed E-state index contributed by atoms with van der Waals surface area (Å²) in [6.45, 7) is 2.41. The maximum atomic E-state index is 13.1. The number of rotatable bonds is 2. The third kappa shape index (κ3) is 1.58. The summed E-state index contributed by atoms with van der Waals surface area (Å²) in [5.74, 6) is -3.73. The summed E-state index contributed by atoms with van der Waals surface area (Å²) in [4.78, 5) is 34.8. The van der Waals surface area contributed by atoms with E-state index in [1.807, 2.05) is 0 Å². The predicted molar refractivity (Wildman–Crippen MR) is 51.5 cm³/mol. The van der Waals surface area contributed by atoms with Crippen LogP contribution in [0.3, 0.4) is 0 Å². The lowest BCUT2D eigenvalue weighted by Gasteiger charge is -2.23. The number of nitrogens with zero attached hydrogens (tertiary/aromatic N) is 1. The van der Waals surface area contributed by atoms with Gasteiger partial charge in [0.05, 0.1) is 0 Å². The SMILES string of the molecule is CC(C)(C(N)=O)n1c(O)c(F)c(=O)[nH]c1=O. The molecule has 0 saturated heterocycles. The Kier molecular flexibility index (Phi) is 2.59. The first-order valence-electron chi connectivity index (χ1n) is 4.23. The third-order valence-corrected chi connectivity index (χ3v) is 2.19. The molecule has 0 radical (unpaired) electrons. The van der Waals surface area contributed by atoms with Gasteiger partial charge in [-0.15, -0.1) is 0 Å². The maximum absolute atomic E-state index is 13.1. The van der Waals surface area contributed by atoms with E-state index in [9.17, 15) is 23.9 Å². The number of aromatic amines is 1. The van der Waals surface area contributed by atoms with Crippen LogP contribution >= 0.6 is 0 Å². The molecule has 7 nitrogen and oxygen atoms in total. The van der Waals surface area contributed by atoms with Gasteiger partial charge in [-0.05, 0) is 13.8 Å². The molecule has 16 heavy (non-hydrogen) atoms. The molecule has 0 aliphatic carbocycles. The number of nitrogens with one attached hydrogen (secondary N) is 1. The highest BCUT2D eigenvalue weighted by Crippen LogP contribution is 2.19. The van der Waals surface area contributed by atoms with E-state index < -0.39 is 34.4 Å². The van der Waals surface area contributed by atoms with E-state index in [0.29, 0.717) is 4.57 Å². The van der Waals surface area contributed by atoms with Gasteiger partial charge < -0.3 is 10.8 Å². The predicted octanol–water partition coefficient (Wildman–Crippen LogP) is -1.40. The molecule has 0 bridgehead atoms. The van der Waals surface area contributed by atoms with Crippen molar-refractivity contribution in [3.63, 3.8) is 0 Å². The summed E-state index contributed by atoms with van der Waals surface area (Å²) < 4.78 is 13.4. The minimum atomic E-state index is -1.66. The lowest BCUT2D eigenvalue weighted by molar-refractivity contribution is -0.125. The van der Waals surface area contributed by atoms with Crippen LogP contribution in [-0.2, 0) is 10.3 Å². The molecule has 88 valence electrons. The molecular formula is C8H10FN3O4. The summed E-state index contributed by atoms with van der Waals surface area (Å²) in [6.07, 6.45) is 0. The lowest BCUT2D eigenvalue weighted by atomic mass is 10.0. The topological polar surface area (TPSA) is 118 Å². The second-order valence-electron chi connectivity index (χ2n) is 3.66. The second-order valence-corrected chi connectivity index (χ2v) is 3.66. The fourth-order valence-electron chi connectivity index (χ4n) is 1.13. The first-order chi connectivity index (χ1) is 7.19. The van der Waals surface area contributed by atoms with Crippen molar-refractivity contribution in [2.45, 2.75) is 19.4 Å². The largest absolute Gasteiger partial charge is 0.492 e. The monoisotopic (exact) mass is 231 g/mol. The number of amides is 1. The lowest BCUT2D eigenvalue weighted by Crippen LogP contribution is -2.48. The highest BCUT2D eigenvalue weighted by molar-refractivity contribution is 5.82. The van der Waals surface area contributed by atoms with E-state index in [1.54, 1.807) is 4.98 Å². The maximum Gasteiger partial charge on any atom is 0.332 e. The van der Waals surface area contributed by atoms with Crippen LogP contribution in [0, 0.1) is 5.82 Å². The molecule has 8 heteroatoms. The molecule has 1 heterocycles. The summed E-state index contributed by atoms with van der Waals surface area (Å²) in [6, 6.07) is 0. The Balaban J connectivity index is 3.72. The minimum absolute atomic E-state index is 0.381. The van der Waals surface area contributed by atoms with Crippen LogP contribution < -0.4 is 17.0 Å². The van der Waals surface area contributed by atoms with Crippen LogP contribution in [0.2, 0.25) is 0 Å². The zero-order valence-electron chi connectivity index (χ0n) is 8.57. The molecular weight excluding hydrogens is 221 g/mol. The average Bonchev–Trinajstić information content (AvgIpc) is 2.13. The van der Waals surface area contributed by atoms with Gasteiger partial charge in [0.2, 0.25) is 17.6 Å². The average molecular weight is 231 g/mol. The zero-order valence-corrected chi connectivity index (χ0v) is 8.57. The smallest absolute Gasteiger partial charge is 0.332 e. The Morgan fingerprint density at radius 3 is 2.44 bits per heavy atom. The van der Waals surface area contributed by atoms with Crippen molar-refractivity contribution < 1.29 is 14.3 Å². The highest BCUT2D eigenvalue weighted by atomic mass is 19.1. The van der Waals surface area contributed by atoms with E-state index >= 15 is 0 Å². The Labute approximate surface area is 88.3 Å². The summed E-state index contributed by atoms with van der Waals surface area (Å²) in [5, 5.41) is 9.30. The second kappa shape index (κ2) is 3.47. The molecule has 0 saturated carbocycles. The van der Waals surface area contributed by atoms with Gasteiger partial charge in [-0.1, -0.05) is 0 Å². The van der Waals surface area contributed by atoms with Crippen molar-refractivity contribution in [2.75, 3.05) is 0 Å². The van der Waals surface area contributed by atoms with E-state index in [1.165, 1.54) is 13.8 Å². The zero-order chi connectivity index (χ0) is 12.7. The Bertz CT molecular complexity index is 557. The number of carbonyl (C=O) groups excluding carboxylic acids is 1. The number of hydrogen-bond donors (Lipinski definition) is 3. The summed E-state index contributed by atoms with van der Waals surface area (Å²) >= 11 is 0. The van der Waals surface area contributed by atoms with Gasteiger partial charge in [0.15, 0.2) is 0 Å². The van der Waals surface area contributed by atoms with Gasteiger partial charge in [-0.3, -0.25) is 14.6 Å². The number of primary amides is 1. The molecule has 1 aromatic rings. The van der Waals surface area contributed by atoms with E-state index in [0.717, 1.165) is 0 Å². The third-order valence-electron chi connectivity index (χ3n) is 2.19. The standard InChI is InChI=1S/C8H10FN3O4/c1-8(2,6(10)15)12-5(14)3(9)4(13)11-7(12)16/h14H,1-2H3,(H2,10,15)(H,11,13,16). The molecule has 0 spiro atoms. The molecule has 0 aliphatic heterocycles. The summed E-state index contributed by atoms with van der Waals surface area (Å²) in [5.41, 5.74) is 0.864. The van der Waals surface area contributed by atoms with Crippen LogP contribution in [-0.4, -0.2) is 20.6 Å². The Morgan fingerprint density at radius 2 is 2.00 bits per heavy atom. The normalized spacial score (nSPS) is 11.4. The Hall–Kier alpha value is -2.12. The molecule has 1 aromatic heterocycles. The van der Waals surface area contributed by atoms with E-state index in [4.69, 9.17) is 5.73 Å². The molecule has 0 aliphatic rings. The van der Waals surface area contributed by atoms with E-state index in [-0.39, 0.29) is 0 Å². The number of halogens is 1. The van der Waals surface area contributed by atoms with Crippen molar-refractivity contribution in [1.29, 1.82) is 0 Å². The molecule has 1 rings (SSSR count). The Morgan fingerprint density at radius 1 is 1.50 bits per heavy atom. The first kappa shape index (κ1) is 12.0. The van der Waals surface area contributed by atoms with E-state index in [2.05, 4.69) is 0 Å². The fourth-order valence-corrected chi connectivity index (χ4v) is 1.13. The van der Waals surface area contributed by atoms with Crippen molar-refractivity contribution in [3.05, 3.63) is 26.7 Å². The number of aromatic nitrogens is 2. The van der Waals surface area contributed by atoms with Gasteiger partial charge >= 0.3 is 5.69 Å². The highest BCUT2D eigenvalue weighted by Gasteiger charge is 2.32. The van der Waals surface area contributed by atoms with Crippen molar-refractivity contribution in [1.82, 2.24) is 9.55 Å². The van der Waals surface area contributed by atoms with Crippen LogP contribution in [0.15, 0.2) is 9.59 Å². The van der Waals surface area contributed by atoms with Crippen molar-refractivity contribution >= 4 is 5.91 Å². The molecule has 1 amide bonds. The quantitative estimate of drug-likeness (QED) is 0.580. The van der Waals surface area contributed by atoms with Gasteiger partial charge in [0.1, 0.15) is 5.54 Å². The minimum Gasteiger partial charge on any atom is -0.492 e. The molecule has 0 aromatic carbocycles. The molecule has 0 unspecified atom stereocenters. The first-order valence-corrected chi connectivity index (χ1v) is 4.23. The van der Waals surface area contributed by atoms with Gasteiger partial charge in [0, 0.05) is 0 Å². The molecule has 0 fully saturated rings. The number of carbonyl (C=O) groups is 1. The van der Waals surface area contributed by atoms with Gasteiger partial charge in [0.25, 0.3) is 5.56 Å². The van der Waals surface area contributed by atoms with Crippen molar-refractivity contribution in [3.8, 4) is 5.88 Å². The molecule has 0 atom stereocenters. The van der Waals surface area contributed by atoms with Crippen LogP contribution in [0.1, 0.15) is 13.8 Å². The van der Waals surface area contributed by atoms with Crippen molar-refractivity contribution in [2.24, 2.45) is 5.73 Å². The number of hydrogen-bond acceptors (Lipinski definition) is 4. The number of H-pyrrole nitrogens is 1. The van der Waals surface area contributed by atoms with Gasteiger partial charge in [-0.2, -0.15) is 4.39 Å². The summed E-state index contributed by atoms with van der Waals surface area (Å²) in [7, 11) is 0. The van der Waals surface area contributed by atoms with Crippen LogP contribution in [0.4, 0.5) is 4.39 Å². The van der Waals surface area contributed by atoms with Gasteiger partial charge in [-0.25, -0.2) is 9.36 Å². The van der Waals surface area contributed by atoms with Crippen LogP contribution in [0.5, 0.6) is 5.88 Å². The number of aromatic hydroxyl groups is 1. The molecule has 4 N–H and O–H groups in total.